The van der Waals surface area contributed by atoms with Gasteiger partial charge in [0.05, 0.1) is 12.6 Å². The number of nitrogens with zero attached hydrogens (tertiary/aromatic N) is 1. The minimum Gasteiger partial charge on any atom is -0.452 e. The predicted molar refractivity (Wildman–Crippen MR) is 106 cm³/mol. The molecule has 6 heteroatoms. The van der Waals surface area contributed by atoms with Crippen LogP contribution in [0.3, 0.4) is 0 Å². The first-order chi connectivity index (χ1) is 13.5. The van der Waals surface area contributed by atoms with E-state index < -0.39 is 6.09 Å². The monoisotopic (exact) mass is 380 g/mol. The summed E-state index contributed by atoms with van der Waals surface area (Å²) in [5, 5.41) is 3.84. The SMILES string of the molecule is COC(=O)n1cc(C[C@@H](C)NC(=O)C=Cc2ccc(F)cc2)c2ccccc21. The molecule has 144 valence electrons. The van der Waals surface area contributed by atoms with Gasteiger partial charge in [0.15, 0.2) is 0 Å². The van der Waals surface area contributed by atoms with Gasteiger partial charge in [0.1, 0.15) is 5.82 Å². The van der Waals surface area contributed by atoms with Crippen molar-refractivity contribution in [2.75, 3.05) is 7.11 Å². The van der Waals surface area contributed by atoms with Crippen LogP contribution in [0.4, 0.5) is 9.18 Å². The molecular weight excluding hydrogens is 359 g/mol. The van der Waals surface area contributed by atoms with Crippen molar-refractivity contribution < 1.29 is 18.7 Å². The molecule has 1 amide bonds. The van der Waals surface area contributed by atoms with E-state index in [1.54, 1.807) is 24.4 Å². The molecule has 0 bridgehead atoms. The highest BCUT2D eigenvalue weighted by Crippen LogP contribution is 2.22. The molecule has 0 fully saturated rings. The molecule has 3 aromatic rings. The number of nitrogens with one attached hydrogen (secondary N) is 1. The van der Waals surface area contributed by atoms with E-state index in [1.165, 1.54) is 29.9 Å². The second kappa shape index (κ2) is 8.52. The summed E-state index contributed by atoms with van der Waals surface area (Å²) in [7, 11) is 1.34. The van der Waals surface area contributed by atoms with Gasteiger partial charge >= 0.3 is 6.09 Å². The van der Waals surface area contributed by atoms with E-state index in [-0.39, 0.29) is 17.8 Å². The van der Waals surface area contributed by atoms with Gasteiger partial charge in [-0.15, -0.1) is 0 Å². The number of methoxy groups -OCH3 is 1. The van der Waals surface area contributed by atoms with Crippen molar-refractivity contribution in [3.63, 3.8) is 0 Å². The summed E-state index contributed by atoms with van der Waals surface area (Å²) in [6.45, 7) is 1.90. The Kier molecular flexibility index (Phi) is 5.89. The Bertz CT molecular complexity index is 1020. The van der Waals surface area contributed by atoms with Gasteiger partial charge in [-0.1, -0.05) is 30.3 Å². The Morgan fingerprint density at radius 3 is 2.61 bits per heavy atom. The van der Waals surface area contributed by atoms with Gasteiger partial charge in [0.2, 0.25) is 5.91 Å². The summed E-state index contributed by atoms with van der Waals surface area (Å²) in [6.07, 6.45) is 4.89. The number of carbonyl (C=O) groups is 2. The van der Waals surface area contributed by atoms with Crippen molar-refractivity contribution in [2.45, 2.75) is 19.4 Å². The highest BCUT2D eigenvalue weighted by Gasteiger charge is 2.15. The van der Waals surface area contributed by atoms with E-state index in [1.807, 2.05) is 31.2 Å². The Morgan fingerprint density at radius 1 is 1.18 bits per heavy atom. The van der Waals surface area contributed by atoms with E-state index in [2.05, 4.69) is 5.32 Å². The van der Waals surface area contributed by atoms with Crippen LogP contribution in [0.2, 0.25) is 0 Å². The molecule has 3 rings (SSSR count). The Morgan fingerprint density at radius 2 is 1.89 bits per heavy atom. The molecule has 1 N–H and O–H groups in total. The molecule has 2 aromatic carbocycles. The van der Waals surface area contributed by atoms with Crippen molar-refractivity contribution in [1.29, 1.82) is 0 Å². The quantitative estimate of drug-likeness (QED) is 0.677. The van der Waals surface area contributed by atoms with Crippen molar-refractivity contribution in [2.24, 2.45) is 0 Å². The number of aromatic nitrogens is 1. The van der Waals surface area contributed by atoms with Crippen LogP contribution < -0.4 is 5.32 Å². The highest BCUT2D eigenvalue weighted by molar-refractivity contribution is 5.93. The first-order valence-corrected chi connectivity index (χ1v) is 8.89. The molecule has 0 aliphatic rings. The molecule has 28 heavy (non-hydrogen) atoms. The van der Waals surface area contributed by atoms with Crippen LogP contribution in [0.25, 0.3) is 17.0 Å². The van der Waals surface area contributed by atoms with Gasteiger partial charge in [-0.25, -0.2) is 9.18 Å². The first-order valence-electron chi connectivity index (χ1n) is 8.89. The largest absolute Gasteiger partial charge is 0.452 e. The van der Waals surface area contributed by atoms with E-state index in [4.69, 9.17) is 4.74 Å². The average Bonchev–Trinajstić information content (AvgIpc) is 3.05. The second-order valence-corrected chi connectivity index (χ2v) is 6.51. The molecule has 0 radical (unpaired) electrons. The third-order valence-corrected chi connectivity index (χ3v) is 4.38. The molecule has 0 saturated carbocycles. The fraction of sp³-hybridized carbons (Fsp3) is 0.182. The lowest BCUT2D eigenvalue weighted by molar-refractivity contribution is -0.117. The number of benzene rings is 2. The molecular formula is C22H21FN2O3. The number of halogens is 1. The fourth-order valence-corrected chi connectivity index (χ4v) is 3.08. The van der Waals surface area contributed by atoms with Gasteiger partial charge in [-0.2, -0.15) is 0 Å². The molecule has 0 aliphatic heterocycles. The van der Waals surface area contributed by atoms with Crippen molar-refractivity contribution in [3.05, 3.63) is 77.7 Å². The maximum atomic E-state index is 12.9. The molecule has 1 atom stereocenters. The molecule has 5 nitrogen and oxygen atoms in total. The summed E-state index contributed by atoms with van der Waals surface area (Å²) in [5.74, 6) is -0.560. The van der Waals surface area contributed by atoms with Crippen LogP contribution in [-0.4, -0.2) is 29.7 Å². The normalized spacial score (nSPS) is 12.2. The van der Waals surface area contributed by atoms with Crippen molar-refractivity contribution in [3.8, 4) is 0 Å². The van der Waals surface area contributed by atoms with Crippen LogP contribution >= 0.6 is 0 Å². The van der Waals surface area contributed by atoms with Crippen LogP contribution in [0, 0.1) is 5.82 Å². The molecule has 0 aliphatic carbocycles. The predicted octanol–water partition coefficient (Wildman–Crippen LogP) is 4.16. The number of fused-ring (bicyclic) bond motifs is 1. The lowest BCUT2D eigenvalue weighted by Crippen LogP contribution is -2.32. The second-order valence-electron chi connectivity index (χ2n) is 6.51. The zero-order chi connectivity index (χ0) is 20.1. The van der Waals surface area contributed by atoms with Crippen LogP contribution in [-0.2, 0) is 16.0 Å². The topological polar surface area (TPSA) is 60.3 Å². The Hall–Kier alpha value is -3.41. The fourth-order valence-electron chi connectivity index (χ4n) is 3.08. The third kappa shape index (κ3) is 4.46. The number of hydrogen-bond donors (Lipinski definition) is 1. The molecule has 1 heterocycles. The minimum atomic E-state index is -0.457. The van der Waals surface area contributed by atoms with Crippen molar-refractivity contribution in [1.82, 2.24) is 9.88 Å². The molecule has 0 unspecified atom stereocenters. The summed E-state index contributed by atoms with van der Waals surface area (Å²) in [4.78, 5) is 24.1. The summed E-state index contributed by atoms with van der Waals surface area (Å²) in [5.41, 5.74) is 2.45. The lowest BCUT2D eigenvalue weighted by Gasteiger charge is -2.12. The van der Waals surface area contributed by atoms with Gasteiger partial charge < -0.3 is 10.1 Å². The Labute approximate surface area is 162 Å². The molecule has 0 spiro atoms. The number of ether oxygens (including phenoxy) is 1. The summed E-state index contributed by atoms with van der Waals surface area (Å²) < 4.78 is 19.2. The maximum absolute atomic E-state index is 12.9. The maximum Gasteiger partial charge on any atom is 0.418 e. The summed E-state index contributed by atoms with van der Waals surface area (Å²) >= 11 is 0. The van der Waals surface area contributed by atoms with Crippen LogP contribution in [0.5, 0.6) is 0 Å². The molecule has 0 saturated heterocycles. The van der Waals surface area contributed by atoms with E-state index in [0.29, 0.717) is 6.42 Å². The van der Waals surface area contributed by atoms with E-state index >= 15 is 0 Å². The van der Waals surface area contributed by atoms with E-state index in [9.17, 15) is 14.0 Å². The number of carbonyl (C=O) groups excluding carboxylic acids is 2. The van der Waals surface area contributed by atoms with Gasteiger partial charge in [0, 0.05) is 23.7 Å². The van der Waals surface area contributed by atoms with Crippen LogP contribution in [0.15, 0.2) is 60.8 Å². The first kappa shape index (κ1) is 19.4. The average molecular weight is 380 g/mol. The Balaban J connectivity index is 1.69. The lowest BCUT2D eigenvalue weighted by atomic mass is 10.1. The zero-order valence-electron chi connectivity index (χ0n) is 15.7. The minimum absolute atomic E-state index is 0.151. The van der Waals surface area contributed by atoms with Crippen molar-refractivity contribution >= 4 is 29.0 Å². The van der Waals surface area contributed by atoms with E-state index in [0.717, 1.165) is 22.0 Å². The van der Waals surface area contributed by atoms with Crippen LogP contribution in [0.1, 0.15) is 18.1 Å². The van der Waals surface area contributed by atoms with Gasteiger partial charge in [-0.3, -0.25) is 9.36 Å². The number of rotatable bonds is 5. The van der Waals surface area contributed by atoms with Gasteiger partial charge in [0.25, 0.3) is 0 Å². The zero-order valence-corrected chi connectivity index (χ0v) is 15.7. The number of amides is 1. The molecule has 1 aromatic heterocycles. The third-order valence-electron chi connectivity index (χ3n) is 4.38. The standard InChI is InChI=1S/C22H21FN2O3/c1-15(24-21(26)12-9-16-7-10-18(23)11-8-16)13-17-14-25(22(27)28-2)20-6-4-3-5-19(17)20/h3-12,14-15H,13H2,1-2H3,(H,24,26)/t15-/m1/s1. The number of hydrogen-bond acceptors (Lipinski definition) is 3. The summed E-state index contributed by atoms with van der Waals surface area (Å²) in [6, 6.07) is 13.3. The number of para-hydroxylation sites is 1. The van der Waals surface area contributed by atoms with Gasteiger partial charge in [-0.05, 0) is 48.7 Å². The smallest absolute Gasteiger partial charge is 0.418 e. The highest BCUT2D eigenvalue weighted by atomic mass is 19.1.